The first-order valence-electron chi connectivity index (χ1n) is 8.29. The lowest BCUT2D eigenvalue weighted by atomic mass is 10.2. The van der Waals surface area contributed by atoms with Crippen LogP contribution >= 0.6 is 23.1 Å². The number of aryl methyl sites for hydroxylation is 2. The smallest absolute Gasteiger partial charge is 0.267 e. The number of aromatic nitrogens is 2. The molecule has 3 aromatic rings. The van der Waals surface area contributed by atoms with Crippen molar-refractivity contribution in [3.05, 3.63) is 51.1 Å². The van der Waals surface area contributed by atoms with Gasteiger partial charge in [0.15, 0.2) is 5.16 Å². The van der Waals surface area contributed by atoms with E-state index in [0.29, 0.717) is 0 Å². The van der Waals surface area contributed by atoms with E-state index in [1.54, 1.807) is 27.7 Å². The van der Waals surface area contributed by atoms with Gasteiger partial charge in [0.1, 0.15) is 4.83 Å². The van der Waals surface area contributed by atoms with Crippen LogP contribution in [0.4, 0.5) is 0 Å². The number of para-hydroxylation sites is 1. The number of fused-ring (bicyclic) bond motifs is 1. The van der Waals surface area contributed by atoms with Crippen LogP contribution in [0.1, 0.15) is 10.4 Å². The Balaban J connectivity index is 2.15. The molecule has 132 valence electrons. The summed E-state index contributed by atoms with van der Waals surface area (Å²) in [5, 5.41) is 1.53. The van der Waals surface area contributed by atoms with Crippen LogP contribution in [0, 0.1) is 13.8 Å². The van der Waals surface area contributed by atoms with Gasteiger partial charge >= 0.3 is 0 Å². The fraction of sp³-hybridized carbons (Fsp3) is 0.368. The van der Waals surface area contributed by atoms with E-state index < -0.39 is 0 Å². The average molecular weight is 375 g/mol. The van der Waals surface area contributed by atoms with Crippen LogP contribution in [-0.2, 0) is 0 Å². The molecule has 0 saturated carbocycles. The molecule has 0 aliphatic heterocycles. The Morgan fingerprint density at radius 3 is 2.48 bits per heavy atom. The third-order valence-corrected chi connectivity index (χ3v) is 6.20. The van der Waals surface area contributed by atoms with Crippen LogP contribution in [0.5, 0.6) is 0 Å². The highest BCUT2D eigenvalue weighted by Gasteiger charge is 2.18. The molecule has 1 aromatic carbocycles. The van der Waals surface area contributed by atoms with Crippen LogP contribution in [-0.4, -0.2) is 47.5 Å². The Morgan fingerprint density at radius 2 is 1.84 bits per heavy atom. The van der Waals surface area contributed by atoms with Crippen molar-refractivity contribution in [1.29, 1.82) is 0 Å². The van der Waals surface area contributed by atoms with Crippen molar-refractivity contribution >= 4 is 33.3 Å². The summed E-state index contributed by atoms with van der Waals surface area (Å²) in [5.41, 5.74) is 1.95. The molecule has 2 aromatic heterocycles. The number of hydrogen-bond acceptors (Lipinski definition) is 4. The van der Waals surface area contributed by atoms with E-state index in [-0.39, 0.29) is 5.56 Å². The molecule has 0 spiro atoms. The standard InChI is InChI=1S/C19H24N3OS2/c1-13-14(2)25-17-16(13)18(23)21(15-9-7-6-8-10-15)19(20-17)24-12-11-22(3,4)5/h6-10H,11-12H2,1-5H3/q+1. The van der Waals surface area contributed by atoms with Gasteiger partial charge in [-0.1, -0.05) is 30.0 Å². The number of benzene rings is 1. The minimum Gasteiger partial charge on any atom is -0.330 e. The van der Waals surface area contributed by atoms with Crippen LogP contribution in [0.25, 0.3) is 15.9 Å². The van der Waals surface area contributed by atoms with Gasteiger partial charge in [0.25, 0.3) is 5.56 Å². The number of nitrogens with zero attached hydrogens (tertiary/aromatic N) is 3. The zero-order chi connectivity index (χ0) is 18.2. The SMILES string of the molecule is Cc1sc2nc(SCC[N+](C)(C)C)n(-c3ccccc3)c(=O)c2c1C. The van der Waals surface area contributed by atoms with Gasteiger partial charge < -0.3 is 4.48 Å². The lowest BCUT2D eigenvalue weighted by molar-refractivity contribution is -0.867. The highest BCUT2D eigenvalue weighted by molar-refractivity contribution is 7.99. The molecule has 4 nitrogen and oxygen atoms in total. The van der Waals surface area contributed by atoms with Gasteiger partial charge in [-0.3, -0.25) is 9.36 Å². The summed E-state index contributed by atoms with van der Waals surface area (Å²) in [7, 11) is 6.52. The Hall–Kier alpha value is -1.63. The van der Waals surface area contributed by atoms with E-state index in [0.717, 1.165) is 48.3 Å². The zero-order valence-corrected chi connectivity index (χ0v) is 17.0. The number of thioether (sulfide) groups is 1. The van der Waals surface area contributed by atoms with Gasteiger partial charge in [-0.2, -0.15) is 0 Å². The molecule has 25 heavy (non-hydrogen) atoms. The van der Waals surface area contributed by atoms with E-state index in [1.165, 1.54) is 0 Å². The van der Waals surface area contributed by atoms with E-state index in [1.807, 2.05) is 37.3 Å². The number of rotatable bonds is 5. The Kier molecular flexibility index (Phi) is 5.04. The van der Waals surface area contributed by atoms with Crippen molar-refractivity contribution in [2.45, 2.75) is 19.0 Å². The maximum Gasteiger partial charge on any atom is 0.267 e. The Bertz CT molecular complexity index is 953. The summed E-state index contributed by atoms with van der Waals surface area (Å²) in [6, 6.07) is 9.81. The molecule has 0 amide bonds. The first kappa shape index (κ1) is 18.2. The fourth-order valence-electron chi connectivity index (χ4n) is 2.59. The zero-order valence-electron chi connectivity index (χ0n) is 15.4. The van der Waals surface area contributed by atoms with Gasteiger partial charge in [-0.15, -0.1) is 11.3 Å². The molecule has 0 saturated heterocycles. The first-order chi connectivity index (χ1) is 11.8. The molecule has 0 unspecified atom stereocenters. The first-order valence-corrected chi connectivity index (χ1v) is 10.1. The average Bonchev–Trinajstić information content (AvgIpc) is 2.82. The predicted molar refractivity (Wildman–Crippen MR) is 108 cm³/mol. The van der Waals surface area contributed by atoms with Crippen molar-refractivity contribution in [3.63, 3.8) is 0 Å². The van der Waals surface area contributed by atoms with Gasteiger partial charge in [0.2, 0.25) is 0 Å². The molecule has 0 fully saturated rings. The van der Waals surface area contributed by atoms with Crippen molar-refractivity contribution in [2.75, 3.05) is 33.4 Å². The van der Waals surface area contributed by atoms with Gasteiger partial charge in [0.05, 0.1) is 44.5 Å². The summed E-state index contributed by atoms with van der Waals surface area (Å²) in [6.07, 6.45) is 0. The maximum atomic E-state index is 13.3. The number of hydrogen-bond donors (Lipinski definition) is 0. The molecule has 0 atom stereocenters. The second-order valence-corrected chi connectivity index (χ2v) is 9.46. The number of quaternary nitrogens is 1. The largest absolute Gasteiger partial charge is 0.330 e. The van der Waals surface area contributed by atoms with E-state index in [2.05, 4.69) is 28.1 Å². The number of thiophene rings is 1. The second-order valence-electron chi connectivity index (χ2n) is 7.20. The molecule has 3 rings (SSSR count). The topological polar surface area (TPSA) is 34.9 Å². The van der Waals surface area contributed by atoms with Crippen molar-refractivity contribution in [1.82, 2.24) is 9.55 Å². The normalized spacial score (nSPS) is 12.0. The molecule has 0 aliphatic rings. The minimum atomic E-state index is 0.0331. The highest BCUT2D eigenvalue weighted by atomic mass is 32.2. The van der Waals surface area contributed by atoms with E-state index >= 15 is 0 Å². The predicted octanol–water partition coefficient (Wildman–Crippen LogP) is 3.86. The minimum absolute atomic E-state index is 0.0331. The Labute approximate surface area is 156 Å². The van der Waals surface area contributed by atoms with Crippen molar-refractivity contribution in [3.8, 4) is 5.69 Å². The fourth-order valence-corrected chi connectivity index (χ4v) is 4.96. The van der Waals surface area contributed by atoms with Crippen molar-refractivity contribution < 1.29 is 4.48 Å². The van der Waals surface area contributed by atoms with Crippen LogP contribution in [0.15, 0.2) is 40.3 Å². The summed E-state index contributed by atoms with van der Waals surface area (Å²) in [4.78, 5) is 20.1. The lowest BCUT2D eigenvalue weighted by Gasteiger charge is -2.23. The van der Waals surface area contributed by atoms with E-state index in [4.69, 9.17) is 4.98 Å². The monoisotopic (exact) mass is 374 g/mol. The summed E-state index contributed by atoms with van der Waals surface area (Å²) >= 11 is 3.26. The molecule has 2 heterocycles. The third kappa shape index (κ3) is 3.81. The van der Waals surface area contributed by atoms with Crippen LogP contribution < -0.4 is 5.56 Å². The molecule has 0 bridgehead atoms. The van der Waals surface area contributed by atoms with Crippen LogP contribution in [0.2, 0.25) is 0 Å². The Morgan fingerprint density at radius 1 is 1.16 bits per heavy atom. The summed E-state index contributed by atoms with van der Waals surface area (Å²) in [5.74, 6) is 0.914. The quantitative estimate of drug-likeness (QED) is 0.386. The van der Waals surface area contributed by atoms with Crippen molar-refractivity contribution in [2.24, 2.45) is 0 Å². The third-order valence-electron chi connectivity index (χ3n) is 4.18. The van der Waals surface area contributed by atoms with E-state index in [9.17, 15) is 4.79 Å². The molecule has 0 N–H and O–H groups in total. The molecule has 0 aliphatic carbocycles. The summed E-state index contributed by atoms with van der Waals surface area (Å²) in [6.45, 7) is 5.07. The van der Waals surface area contributed by atoms with Gasteiger partial charge in [0, 0.05) is 4.88 Å². The van der Waals surface area contributed by atoms with Gasteiger partial charge in [-0.05, 0) is 31.5 Å². The summed E-state index contributed by atoms with van der Waals surface area (Å²) < 4.78 is 2.66. The molecule has 6 heteroatoms. The van der Waals surface area contributed by atoms with Crippen LogP contribution in [0.3, 0.4) is 0 Å². The lowest BCUT2D eigenvalue weighted by Crippen LogP contribution is -2.36. The molecule has 0 radical (unpaired) electrons. The highest BCUT2D eigenvalue weighted by Crippen LogP contribution is 2.29. The van der Waals surface area contributed by atoms with Gasteiger partial charge in [-0.25, -0.2) is 4.98 Å². The molecular formula is C19H24N3OS2+. The maximum absolute atomic E-state index is 13.3. The second kappa shape index (κ2) is 6.94. The molecular weight excluding hydrogens is 350 g/mol.